The molecule has 90 valence electrons. The van der Waals surface area contributed by atoms with Crippen LogP contribution >= 0.6 is 27.3 Å². The van der Waals surface area contributed by atoms with Crippen LogP contribution in [0.15, 0.2) is 15.9 Å². The monoisotopic (exact) mass is 305 g/mol. The molecule has 5 heteroatoms. The average Bonchev–Trinajstić information content (AvgIpc) is 2.62. The van der Waals surface area contributed by atoms with Crippen LogP contribution in [0.4, 0.5) is 0 Å². The summed E-state index contributed by atoms with van der Waals surface area (Å²) in [4.78, 5) is 14.4. The maximum absolute atomic E-state index is 12.0. The average molecular weight is 306 g/mol. The summed E-state index contributed by atoms with van der Waals surface area (Å²) in [5, 5.41) is 1.90. The van der Waals surface area contributed by atoms with E-state index in [0.717, 1.165) is 9.35 Å². The van der Waals surface area contributed by atoms with E-state index < -0.39 is 0 Å². The number of thiophene rings is 1. The van der Waals surface area contributed by atoms with Gasteiger partial charge in [-0.05, 0) is 41.2 Å². The summed E-state index contributed by atoms with van der Waals surface area (Å²) < 4.78 is 6.27. The smallest absolute Gasteiger partial charge is 0.264 e. The number of carbonyl (C=O) groups is 1. The van der Waals surface area contributed by atoms with E-state index in [1.54, 1.807) is 11.9 Å². The van der Waals surface area contributed by atoms with Crippen molar-refractivity contribution in [3.8, 4) is 0 Å². The van der Waals surface area contributed by atoms with E-state index >= 15 is 0 Å². The first-order chi connectivity index (χ1) is 7.52. The van der Waals surface area contributed by atoms with Crippen LogP contribution in [0.2, 0.25) is 0 Å². The Kier molecular flexibility index (Phi) is 5.44. The van der Waals surface area contributed by atoms with Crippen molar-refractivity contribution in [2.75, 3.05) is 20.2 Å². The SMILES string of the molecule is CC(C)OCCN(C)C(=O)c1sccc1Br. The van der Waals surface area contributed by atoms with Gasteiger partial charge in [-0.1, -0.05) is 0 Å². The lowest BCUT2D eigenvalue weighted by molar-refractivity contribution is 0.0534. The maximum Gasteiger partial charge on any atom is 0.264 e. The molecule has 0 aliphatic rings. The van der Waals surface area contributed by atoms with Crippen LogP contribution in [0.1, 0.15) is 23.5 Å². The highest BCUT2D eigenvalue weighted by Crippen LogP contribution is 2.23. The molecule has 0 aliphatic carbocycles. The fourth-order valence-corrected chi connectivity index (χ4v) is 2.68. The van der Waals surface area contributed by atoms with Crippen LogP contribution in [0, 0.1) is 0 Å². The normalized spacial score (nSPS) is 10.8. The van der Waals surface area contributed by atoms with Gasteiger partial charge in [-0.2, -0.15) is 0 Å². The van der Waals surface area contributed by atoms with Crippen LogP contribution in [0.5, 0.6) is 0 Å². The van der Waals surface area contributed by atoms with Gasteiger partial charge in [0.25, 0.3) is 5.91 Å². The lowest BCUT2D eigenvalue weighted by Crippen LogP contribution is -2.30. The molecule has 0 aromatic carbocycles. The fourth-order valence-electron chi connectivity index (χ4n) is 1.15. The number of likely N-dealkylation sites (N-methyl/N-ethyl adjacent to an activating group) is 1. The second-order valence-corrected chi connectivity index (χ2v) is 5.51. The second-order valence-electron chi connectivity index (χ2n) is 3.74. The van der Waals surface area contributed by atoms with Crippen LogP contribution in [0.3, 0.4) is 0 Å². The van der Waals surface area contributed by atoms with Crippen molar-refractivity contribution < 1.29 is 9.53 Å². The molecule has 1 rings (SSSR count). The van der Waals surface area contributed by atoms with Crippen LogP contribution < -0.4 is 0 Å². The van der Waals surface area contributed by atoms with Gasteiger partial charge >= 0.3 is 0 Å². The Bertz CT molecular complexity index is 352. The van der Waals surface area contributed by atoms with Crippen molar-refractivity contribution >= 4 is 33.2 Å². The minimum absolute atomic E-state index is 0.0363. The van der Waals surface area contributed by atoms with Gasteiger partial charge in [-0.15, -0.1) is 11.3 Å². The second kappa shape index (κ2) is 6.37. The molecule has 0 aliphatic heterocycles. The standard InChI is InChI=1S/C11H16BrNO2S/c1-8(2)15-6-5-13(3)11(14)10-9(12)4-7-16-10/h4,7-8H,5-6H2,1-3H3. The Morgan fingerprint density at radius 3 is 2.81 bits per heavy atom. The number of amides is 1. The zero-order chi connectivity index (χ0) is 12.1. The van der Waals surface area contributed by atoms with E-state index in [2.05, 4.69) is 15.9 Å². The zero-order valence-electron chi connectivity index (χ0n) is 9.70. The molecule has 0 saturated carbocycles. The summed E-state index contributed by atoms with van der Waals surface area (Å²) in [6.45, 7) is 5.15. The van der Waals surface area contributed by atoms with Gasteiger partial charge < -0.3 is 9.64 Å². The van der Waals surface area contributed by atoms with Crippen LogP contribution in [0.25, 0.3) is 0 Å². The van der Waals surface area contributed by atoms with Gasteiger partial charge in [0, 0.05) is 18.1 Å². The van der Waals surface area contributed by atoms with E-state index in [0.29, 0.717) is 13.2 Å². The molecule has 1 amide bonds. The minimum Gasteiger partial charge on any atom is -0.377 e. The number of hydrogen-bond acceptors (Lipinski definition) is 3. The van der Waals surface area contributed by atoms with Crippen molar-refractivity contribution in [3.63, 3.8) is 0 Å². The van der Waals surface area contributed by atoms with Crippen molar-refractivity contribution in [1.82, 2.24) is 4.90 Å². The van der Waals surface area contributed by atoms with E-state index in [1.165, 1.54) is 11.3 Å². The maximum atomic E-state index is 12.0. The first kappa shape index (κ1) is 13.7. The Labute approximate surface area is 109 Å². The van der Waals surface area contributed by atoms with Gasteiger partial charge in [0.1, 0.15) is 4.88 Å². The third kappa shape index (κ3) is 3.88. The molecular formula is C11H16BrNO2S. The Hall–Kier alpha value is -0.390. The molecule has 0 unspecified atom stereocenters. The highest BCUT2D eigenvalue weighted by Gasteiger charge is 2.15. The summed E-state index contributed by atoms with van der Waals surface area (Å²) in [6.07, 6.45) is 0.206. The molecule has 0 radical (unpaired) electrons. The van der Waals surface area contributed by atoms with Crippen molar-refractivity contribution in [1.29, 1.82) is 0 Å². The van der Waals surface area contributed by atoms with Crippen molar-refractivity contribution in [2.45, 2.75) is 20.0 Å². The Morgan fingerprint density at radius 2 is 2.31 bits per heavy atom. The van der Waals surface area contributed by atoms with Crippen LogP contribution in [-0.2, 0) is 4.74 Å². The third-order valence-corrected chi connectivity index (χ3v) is 3.86. The molecular weight excluding hydrogens is 290 g/mol. The van der Waals surface area contributed by atoms with Gasteiger partial charge in [0.2, 0.25) is 0 Å². The molecule has 1 aromatic heterocycles. The van der Waals surface area contributed by atoms with E-state index in [4.69, 9.17) is 4.74 Å². The number of ether oxygens (including phenoxy) is 1. The number of nitrogens with zero attached hydrogens (tertiary/aromatic N) is 1. The summed E-state index contributed by atoms with van der Waals surface area (Å²) >= 11 is 4.81. The quantitative estimate of drug-likeness (QED) is 0.837. The summed E-state index contributed by atoms with van der Waals surface area (Å²) in [6, 6.07) is 1.89. The van der Waals surface area contributed by atoms with E-state index in [1.807, 2.05) is 25.3 Å². The van der Waals surface area contributed by atoms with E-state index in [9.17, 15) is 4.79 Å². The summed E-state index contributed by atoms with van der Waals surface area (Å²) in [5.74, 6) is 0.0363. The first-order valence-electron chi connectivity index (χ1n) is 5.12. The largest absolute Gasteiger partial charge is 0.377 e. The lowest BCUT2D eigenvalue weighted by Gasteiger charge is -2.17. The van der Waals surface area contributed by atoms with Crippen LogP contribution in [-0.4, -0.2) is 37.1 Å². The predicted molar refractivity (Wildman–Crippen MR) is 70.1 cm³/mol. The number of halogens is 1. The molecule has 1 aromatic rings. The fraction of sp³-hybridized carbons (Fsp3) is 0.545. The number of rotatable bonds is 5. The summed E-state index contributed by atoms with van der Waals surface area (Å²) in [7, 11) is 1.79. The summed E-state index contributed by atoms with van der Waals surface area (Å²) in [5.41, 5.74) is 0. The number of carbonyl (C=O) groups excluding carboxylic acids is 1. The molecule has 0 N–H and O–H groups in total. The van der Waals surface area contributed by atoms with Crippen molar-refractivity contribution in [3.05, 3.63) is 20.8 Å². The molecule has 16 heavy (non-hydrogen) atoms. The lowest BCUT2D eigenvalue weighted by atomic mass is 10.4. The minimum atomic E-state index is 0.0363. The molecule has 0 atom stereocenters. The van der Waals surface area contributed by atoms with Gasteiger partial charge in [-0.3, -0.25) is 4.79 Å². The zero-order valence-corrected chi connectivity index (χ0v) is 12.1. The molecule has 0 fully saturated rings. The molecule has 3 nitrogen and oxygen atoms in total. The topological polar surface area (TPSA) is 29.5 Å². The van der Waals surface area contributed by atoms with Gasteiger partial charge in [0.05, 0.1) is 12.7 Å². The molecule has 0 saturated heterocycles. The highest BCUT2D eigenvalue weighted by molar-refractivity contribution is 9.10. The molecule has 0 bridgehead atoms. The Morgan fingerprint density at radius 1 is 1.62 bits per heavy atom. The van der Waals surface area contributed by atoms with Crippen molar-refractivity contribution in [2.24, 2.45) is 0 Å². The Balaban J connectivity index is 2.46. The first-order valence-corrected chi connectivity index (χ1v) is 6.79. The highest BCUT2D eigenvalue weighted by atomic mass is 79.9. The van der Waals surface area contributed by atoms with Gasteiger partial charge in [-0.25, -0.2) is 0 Å². The third-order valence-electron chi connectivity index (χ3n) is 2.04. The van der Waals surface area contributed by atoms with Gasteiger partial charge in [0.15, 0.2) is 0 Å². The van der Waals surface area contributed by atoms with E-state index in [-0.39, 0.29) is 12.0 Å². The number of hydrogen-bond donors (Lipinski definition) is 0. The molecule has 1 heterocycles. The predicted octanol–water partition coefficient (Wildman–Crippen LogP) is 3.01. The molecule has 0 spiro atoms.